The maximum atomic E-state index is 6.17. The summed E-state index contributed by atoms with van der Waals surface area (Å²) in [5, 5.41) is 5.20. The van der Waals surface area contributed by atoms with Gasteiger partial charge in [-0.2, -0.15) is 0 Å². The molecule has 4 heterocycles. The van der Waals surface area contributed by atoms with Gasteiger partial charge in [-0.3, -0.25) is 9.29 Å². The van der Waals surface area contributed by atoms with Gasteiger partial charge in [0.2, 0.25) is 11.8 Å². The van der Waals surface area contributed by atoms with Crippen molar-refractivity contribution in [2.45, 2.75) is 26.7 Å². The van der Waals surface area contributed by atoms with Gasteiger partial charge >= 0.3 is 0 Å². The number of fused-ring (bicyclic) bond motifs is 1. The fourth-order valence-corrected chi connectivity index (χ4v) is 4.43. The molecule has 7 nitrogen and oxygen atoms in total. The van der Waals surface area contributed by atoms with Crippen LogP contribution in [-0.4, -0.2) is 40.1 Å². The van der Waals surface area contributed by atoms with Crippen molar-refractivity contribution in [1.29, 1.82) is 0 Å². The normalized spacial score (nSPS) is 15.1. The monoisotopic (exact) mass is 415 g/mol. The molecule has 0 bridgehead atoms. The van der Waals surface area contributed by atoms with Gasteiger partial charge in [-0.05, 0) is 25.5 Å². The maximum Gasteiger partial charge on any atom is 0.241 e. The summed E-state index contributed by atoms with van der Waals surface area (Å²) in [6.45, 7) is 5.43. The van der Waals surface area contributed by atoms with Gasteiger partial charge in [-0.15, -0.1) is 11.3 Å². The van der Waals surface area contributed by atoms with Crippen LogP contribution in [0.15, 0.2) is 34.1 Å². The Balaban J connectivity index is 1.72. The van der Waals surface area contributed by atoms with Crippen molar-refractivity contribution >= 4 is 34.9 Å². The maximum absolute atomic E-state index is 6.17. The lowest BCUT2D eigenvalue weighted by Gasteiger charge is -2.23. The Morgan fingerprint density at radius 3 is 3.04 bits per heavy atom. The lowest BCUT2D eigenvalue weighted by Crippen LogP contribution is -2.26. The van der Waals surface area contributed by atoms with E-state index >= 15 is 0 Å². The zero-order valence-corrected chi connectivity index (χ0v) is 17.6. The lowest BCUT2D eigenvalue weighted by molar-refractivity contribution is 0.144. The predicted octanol–water partition coefficient (Wildman–Crippen LogP) is 4.79. The molecule has 1 aliphatic rings. The number of hydrogen-bond acceptors (Lipinski definition) is 9. The van der Waals surface area contributed by atoms with E-state index in [0.717, 1.165) is 57.8 Å². The molecule has 0 N–H and O–H groups in total. The van der Waals surface area contributed by atoms with Crippen LogP contribution >= 0.6 is 23.3 Å². The Kier molecular flexibility index (Phi) is 5.63. The van der Waals surface area contributed by atoms with Crippen LogP contribution in [-0.2, 0) is 4.84 Å². The first-order valence-electron chi connectivity index (χ1n) is 9.11. The first kappa shape index (κ1) is 18.9. The van der Waals surface area contributed by atoms with Crippen LogP contribution in [0.1, 0.15) is 31.2 Å². The number of rotatable bonds is 6. The summed E-state index contributed by atoms with van der Waals surface area (Å²) in [6, 6.07) is 3.91. The van der Waals surface area contributed by atoms with Crippen molar-refractivity contribution in [3.05, 3.63) is 35.9 Å². The average molecular weight is 416 g/mol. The lowest BCUT2D eigenvalue weighted by atomic mass is 10.1. The van der Waals surface area contributed by atoms with Gasteiger partial charge in [0.1, 0.15) is 22.2 Å². The van der Waals surface area contributed by atoms with Gasteiger partial charge in [0.15, 0.2) is 5.69 Å². The number of oxime groups is 1. The Bertz CT molecular complexity index is 984. The standard InChI is InChI=1S/C19H21N5O2S2/c1-4-10-25-23-14-7-9-24(27-3)19-15(14)22-17(26-19)16-12(2)21-18(28-16)13-6-5-8-20-11-13/h5-6,8,11H,4,7,9-10H2,1-3H3/b23-14+. The summed E-state index contributed by atoms with van der Waals surface area (Å²) in [7, 11) is 0. The summed E-state index contributed by atoms with van der Waals surface area (Å²) in [5.74, 6) is 1.29. The van der Waals surface area contributed by atoms with Crippen LogP contribution in [0, 0.1) is 6.92 Å². The van der Waals surface area contributed by atoms with Crippen LogP contribution in [0.25, 0.3) is 21.3 Å². The van der Waals surface area contributed by atoms with E-state index in [4.69, 9.17) is 14.2 Å². The van der Waals surface area contributed by atoms with Crippen LogP contribution in [0.4, 0.5) is 5.88 Å². The van der Waals surface area contributed by atoms with E-state index in [1.807, 2.05) is 31.5 Å². The van der Waals surface area contributed by atoms with E-state index in [1.165, 1.54) is 0 Å². The molecule has 0 spiro atoms. The van der Waals surface area contributed by atoms with Gasteiger partial charge in [-0.25, -0.2) is 9.97 Å². The second-order valence-corrected chi connectivity index (χ2v) is 8.06. The summed E-state index contributed by atoms with van der Waals surface area (Å²) >= 11 is 3.17. The molecule has 0 saturated heterocycles. The molecular formula is C19H21N5O2S2. The van der Waals surface area contributed by atoms with Gasteiger partial charge in [0.25, 0.3) is 0 Å². The van der Waals surface area contributed by atoms with E-state index < -0.39 is 0 Å². The number of aromatic nitrogens is 3. The summed E-state index contributed by atoms with van der Waals surface area (Å²) in [5.41, 5.74) is 3.46. The molecular weight excluding hydrogens is 394 g/mol. The molecule has 3 aromatic rings. The van der Waals surface area contributed by atoms with Crippen molar-refractivity contribution in [2.75, 3.05) is 23.7 Å². The zero-order valence-electron chi connectivity index (χ0n) is 16.0. The van der Waals surface area contributed by atoms with E-state index in [0.29, 0.717) is 12.5 Å². The highest BCUT2D eigenvalue weighted by molar-refractivity contribution is 7.99. The third-order valence-corrected chi connectivity index (χ3v) is 6.23. The molecule has 4 rings (SSSR count). The molecule has 9 heteroatoms. The molecule has 1 aliphatic heterocycles. The second-order valence-electron chi connectivity index (χ2n) is 6.25. The quantitative estimate of drug-likeness (QED) is 0.325. The number of oxazole rings is 1. The Morgan fingerprint density at radius 2 is 2.29 bits per heavy atom. The predicted molar refractivity (Wildman–Crippen MR) is 114 cm³/mol. The number of nitrogens with zero attached hydrogens (tertiary/aromatic N) is 5. The molecule has 146 valence electrons. The van der Waals surface area contributed by atoms with Crippen molar-refractivity contribution in [3.8, 4) is 21.3 Å². The first-order chi connectivity index (χ1) is 13.7. The van der Waals surface area contributed by atoms with Crippen LogP contribution < -0.4 is 4.31 Å². The number of aryl methyl sites for hydroxylation is 1. The topological polar surface area (TPSA) is 76.6 Å². The van der Waals surface area contributed by atoms with Crippen molar-refractivity contribution in [3.63, 3.8) is 0 Å². The van der Waals surface area contributed by atoms with E-state index in [1.54, 1.807) is 29.5 Å². The Hall–Kier alpha value is -2.39. The minimum atomic E-state index is 0.569. The van der Waals surface area contributed by atoms with Crippen molar-refractivity contribution in [2.24, 2.45) is 5.16 Å². The summed E-state index contributed by atoms with van der Waals surface area (Å²) in [6.07, 6.45) is 7.29. The number of hydrogen-bond donors (Lipinski definition) is 0. The number of thiazole rings is 1. The van der Waals surface area contributed by atoms with Crippen molar-refractivity contribution < 1.29 is 9.25 Å². The number of anilines is 1. The fourth-order valence-electron chi connectivity index (χ4n) is 2.88. The largest absolute Gasteiger partial charge is 0.418 e. The highest BCUT2D eigenvalue weighted by Crippen LogP contribution is 2.40. The Morgan fingerprint density at radius 1 is 1.39 bits per heavy atom. The Labute approximate surface area is 172 Å². The van der Waals surface area contributed by atoms with Gasteiger partial charge in [0.05, 0.1) is 5.69 Å². The fraction of sp³-hybridized carbons (Fsp3) is 0.368. The highest BCUT2D eigenvalue weighted by atomic mass is 32.2. The van der Waals surface area contributed by atoms with E-state index in [2.05, 4.69) is 26.4 Å². The second kappa shape index (κ2) is 8.32. The van der Waals surface area contributed by atoms with Crippen LogP contribution in [0.5, 0.6) is 0 Å². The molecule has 0 fully saturated rings. The van der Waals surface area contributed by atoms with Crippen LogP contribution in [0.3, 0.4) is 0 Å². The summed E-state index contributed by atoms with van der Waals surface area (Å²) in [4.78, 5) is 20.0. The molecule has 28 heavy (non-hydrogen) atoms. The molecule has 0 atom stereocenters. The summed E-state index contributed by atoms with van der Waals surface area (Å²) < 4.78 is 8.27. The third kappa shape index (κ3) is 3.64. The average Bonchev–Trinajstić information content (AvgIpc) is 3.33. The molecule has 0 unspecified atom stereocenters. The molecule has 0 saturated carbocycles. The SMILES string of the molecule is CCCO/N=C1\CCN(SC)c2oc(-c3sc(-c4cccnc4)nc3C)nc21. The molecule has 0 aromatic carbocycles. The molecule has 0 amide bonds. The highest BCUT2D eigenvalue weighted by Gasteiger charge is 2.30. The minimum Gasteiger partial charge on any atom is -0.418 e. The zero-order chi connectivity index (χ0) is 19.5. The van der Waals surface area contributed by atoms with Crippen molar-refractivity contribution in [1.82, 2.24) is 15.0 Å². The first-order valence-corrected chi connectivity index (χ1v) is 11.1. The molecule has 0 radical (unpaired) electrons. The molecule has 0 aliphatic carbocycles. The number of pyridine rings is 1. The molecule has 3 aromatic heterocycles. The smallest absolute Gasteiger partial charge is 0.241 e. The minimum absolute atomic E-state index is 0.569. The van der Waals surface area contributed by atoms with Crippen LogP contribution in [0.2, 0.25) is 0 Å². The van der Waals surface area contributed by atoms with E-state index in [9.17, 15) is 0 Å². The van der Waals surface area contributed by atoms with Gasteiger partial charge < -0.3 is 9.25 Å². The third-order valence-electron chi connectivity index (χ3n) is 4.25. The van der Waals surface area contributed by atoms with Gasteiger partial charge in [-0.1, -0.05) is 24.0 Å². The van der Waals surface area contributed by atoms with Gasteiger partial charge in [0, 0.05) is 37.2 Å². The van der Waals surface area contributed by atoms with E-state index in [-0.39, 0.29) is 0 Å².